The number of aromatic nitrogens is 6. The zero-order valence-corrected chi connectivity index (χ0v) is 50.7. The molecule has 0 amide bonds. The molecule has 458 valence electrons. The van der Waals surface area contributed by atoms with E-state index >= 15 is 26.3 Å². The molecule has 13 heteroatoms. The molecule has 0 spiro atoms. The Morgan fingerprint density at radius 1 is 0.281 bits per heavy atom. The summed E-state index contributed by atoms with van der Waals surface area (Å²) in [5.74, 6) is 0. The van der Waals surface area contributed by atoms with E-state index in [1.165, 1.54) is 12.1 Å². The van der Waals surface area contributed by atoms with E-state index < -0.39 is 40.2 Å². The van der Waals surface area contributed by atoms with E-state index in [4.69, 9.17) is 19.9 Å². The first-order valence-electron chi connectivity index (χ1n) is 30.9. The standard InChI is InChI=1S/C83H49F6N7/c84-82(85,86)69-22-13-23-70(83(87,88)89)81(69)64-49-80(96-77-30-26-57(61-34-38-93-73(46-61)53-18-9-3-10-19-53)42-67(77)68-43-58(27-31-78(68)96)62-35-39-94-74(47-62)54-20-11-4-12-21-54)79(48-63(64)50-90)95-75-28-24-55(59-32-36-91-71(44-59)51-14-5-1-6-15-51)40-65(75)66-41-56(25-29-76(66)95)60-33-37-92-72(45-60)52-16-7-2-8-17-52/h1-49H. The lowest BCUT2D eigenvalue weighted by Crippen LogP contribution is -2.15. The topological polar surface area (TPSA) is 85.2 Å². The first-order chi connectivity index (χ1) is 46.8. The van der Waals surface area contributed by atoms with Crippen molar-refractivity contribution in [2.24, 2.45) is 0 Å². The van der Waals surface area contributed by atoms with Gasteiger partial charge in [0.05, 0.1) is 79.0 Å². The Morgan fingerprint density at radius 2 is 0.562 bits per heavy atom. The Labute approximate surface area is 546 Å². The van der Waals surface area contributed by atoms with Crippen LogP contribution in [0.15, 0.2) is 298 Å². The lowest BCUT2D eigenvalue weighted by atomic mass is 9.89. The average molecular weight is 1260 g/mol. The highest BCUT2D eigenvalue weighted by Gasteiger charge is 2.42. The molecule has 0 unspecified atom stereocenters. The second-order valence-electron chi connectivity index (χ2n) is 23.5. The number of hydrogen-bond acceptors (Lipinski definition) is 5. The Morgan fingerprint density at radius 3 is 0.844 bits per heavy atom. The van der Waals surface area contributed by atoms with Gasteiger partial charge in [0.2, 0.25) is 0 Å². The van der Waals surface area contributed by atoms with E-state index in [9.17, 15) is 5.26 Å². The van der Waals surface area contributed by atoms with Gasteiger partial charge in [-0.25, -0.2) is 0 Å². The molecule has 0 saturated carbocycles. The summed E-state index contributed by atoms with van der Waals surface area (Å²) in [7, 11) is 0. The van der Waals surface area contributed by atoms with Gasteiger partial charge in [0.1, 0.15) is 0 Å². The predicted molar refractivity (Wildman–Crippen MR) is 370 cm³/mol. The largest absolute Gasteiger partial charge is 0.417 e. The van der Waals surface area contributed by atoms with Gasteiger partial charge in [-0.2, -0.15) is 31.6 Å². The molecule has 6 heterocycles. The van der Waals surface area contributed by atoms with Crippen molar-refractivity contribution >= 4 is 43.6 Å². The summed E-state index contributed by atoms with van der Waals surface area (Å²) in [4.78, 5) is 18.9. The second-order valence-corrected chi connectivity index (χ2v) is 23.5. The Hall–Kier alpha value is -12.5. The molecule has 0 saturated heterocycles. The van der Waals surface area contributed by atoms with Gasteiger partial charge in [0.25, 0.3) is 0 Å². The molecule has 0 radical (unpaired) electrons. The van der Waals surface area contributed by atoms with E-state index in [0.29, 0.717) is 39.9 Å². The Bertz CT molecular complexity index is 5440. The van der Waals surface area contributed by atoms with Crippen LogP contribution in [0.5, 0.6) is 0 Å². The summed E-state index contributed by atoms with van der Waals surface area (Å²) >= 11 is 0. The maximum atomic E-state index is 15.6. The molecule has 16 rings (SSSR count). The van der Waals surface area contributed by atoms with E-state index in [2.05, 4.69) is 30.3 Å². The van der Waals surface area contributed by atoms with Crippen LogP contribution in [0.4, 0.5) is 26.3 Å². The van der Waals surface area contributed by atoms with E-state index in [1.807, 2.05) is 228 Å². The van der Waals surface area contributed by atoms with Crippen LogP contribution < -0.4 is 0 Å². The van der Waals surface area contributed by atoms with Gasteiger partial charge in [-0.3, -0.25) is 19.9 Å². The summed E-state index contributed by atoms with van der Waals surface area (Å²) in [5.41, 5.74) is 11.2. The molecule has 0 aliphatic carbocycles. The average Bonchev–Trinajstić information content (AvgIpc) is 1.55. The number of alkyl halides is 6. The van der Waals surface area contributed by atoms with E-state index in [1.54, 1.807) is 24.8 Å². The molecule has 0 atom stereocenters. The first kappa shape index (κ1) is 58.5. The smallest absolute Gasteiger partial charge is 0.307 e. The molecule has 0 N–H and O–H groups in total. The van der Waals surface area contributed by atoms with Gasteiger partial charge in [0, 0.05) is 79.7 Å². The molecule has 0 aliphatic heterocycles. The molecule has 7 nitrogen and oxygen atoms in total. The number of hydrogen-bond donors (Lipinski definition) is 0. The van der Waals surface area contributed by atoms with Crippen molar-refractivity contribution in [3.8, 4) is 118 Å². The lowest BCUT2D eigenvalue weighted by Gasteiger charge is -2.23. The lowest BCUT2D eigenvalue weighted by molar-refractivity contribution is -0.142. The highest BCUT2D eigenvalue weighted by atomic mass is 19.4. The Balaban J connectivity index is 1.00. The molecule has 6 aromatic heterocycles. The number of halogens is 6. The molecular formula is C83H49F6N7. The van der Waals surface area contributed by atoms with Crippen LogP contribution in [-0.4, -0.2) is 29.1 Å². The van der Waals surface area contributed by atoms with Gasteiger partial charge in [0.15, 0.2) is 0 Å². The molecule has 10 aromatic carbocycles. The monoisotopic (exact) mass is 1260 g/mol. The van der Waals surface area contributed by atoms with Crippen molar-refractivity contribution in [2.45, 2.75) is 12.4 Å². The normalized spacial score (nSPS) is 11.8. The third-order valence-electron chi connectivity index (χ3n) is 17.8. The minimum atomic E-state index is -5.28. The number of nitrogens with zero attached hydrogens (tertiary/aromatic N) is 7. The minimum absolute atomic E-state index is 0.190. The maximum Gasteiger partial charge on any atom is 0.417 e. The number of pyridine rings is 4. The van der Waals surface area contributed by atoms with Crippen molar-refractivity contribution in [3.63, 3.8) is 0 Å². The highest BCUT2D eigenvalue weighted by molar-refractivity contribution is 6.14. The van der Waals surface area contributed by atoms with Gasteiger partial charge in [-0.1, -0.05) is 152 Å². The fourth-order valence-electron chi connectivity index (χ4n) is 13.3. The molecule has 0 fully saturated rings. The van der Waals surface area contributed by atoms with Gasteiger partial charge >= 0.3 is 12.4 Å². The molecular weight excluding hydrogens is 1210 g/mol. The van der Waals surface area contributed by atoms with Crippen LogP contribution in [0.3, 0.4) is 0 Å². The third kappa shape index (κ3) is 10.6. The summed E-state index contributed by atoms with van der Waals surface area (Å²) < 4.78 is 97.7. The van der Waals surface area contributed by atoms with Crippen LogP contribution in [0.1, 0.15) is 16.7 Å². The number of benzene rings is 10. The fraction of sp³-hybridized carbons (Fsp3) is 0.0241. The van der Waals surface area contributed by atoms with Crippen LogP contribution in [-0.2, 0) is 12.4 Å². The fourth-order valence-corrected chi connectivity index (χ4v) is 13.3. The van der Waals surface area contributed by atoms with Gasteiger partial charge in [-0.15, -0.1) is 0 Å². The highest BCUT2D eigenvalue weighted by Crippen LogP contribution is 2.49. The van der Waals surface area contributed by atoms with Crippen LogP contribution in [0.25, 0.3) is 156 Å². The van der Waals surface area contributed by atoms with E-state index in [-0.39, 0.29) is 5.69 Å². The zero-order valence-electron chi connectivity index (χ0n) is 50.7. The number of nitriles is 1. The first-order valence-corrected chi connectivity index (χ1v) is 30.9. The SMILES string of the molecule is N#Cc1cc(-n2c3ccc(-c4ccnc(-c5ccccc5)c4)cc3c3cc(-c4ccnc(-c5ccccc5)c4)ccc32)c(-n2c3ccc(-c4ccnc(-c5ccccc5)c4)cc3c3cc(-c4ccnc(-c5ccccc5)c4)ccc32)cc1-c1c(C(F)(F)F)cccc1C(F)(F)F. The van der Waals surface area contributed by atoms with Crippen LogP contribution >= 0.6 is 0 Å². The molecule has 0 aliphatic rings. The summed E-state index contributed by atoms with van der Waals surface area (Å²) in [6.07, 6.45) is -3.51. The second kappa shape index (κ2) is 23.5. The van der Waals surface area contributed by atoms with Crippen molar-refractivity contribution in [3.05, 3.63) is 314 Å². The van der Waals surface area contributed by atoms with Crippen molar-refractivity contribution in [1.29, 1.82) is 5.26 Å². The van der Waals surface area contributed by atoms with Crippen LogP contribution in [0, 0.1) is 11.3 Å². The maximum absolute atomic E-state index is 15.6. The number of fused-ring (bicyclic) bond motifs is 6. The summed E-state index contributed by atoms with van der Waals surface area (Å²) in [5, 5.41) is 14.4. The molecule has 16 aromatic rings. The third-order valence-corrected chi connectivity index (χ3v) is 17.8. The zero-order chi connectivity index (χ0) is 65.2. The van der Waals surface area contributed by atoms with Gasteiger partial charge < -0.3 is 9.13 Å². The predicted octanol–water partition coefficient (Wildman–Crippen LogP) is 22.4. The summed E-state index contributed by atoms with van der Waals surface area (Å²) in [6.45, 7) is 0. The molecule has 0 bridgehead atoms. The molecule has 96 heavy (non-hydrogen) atoms. The number of rotatable bonds is 11. The quantitative estimate of drug-likeness (QED) is 0.120. The van der Waals surface area contributed by atoms with Crippen molar-refractivity contribution in [2.75, 3.05) is 0 Å². The van der Waals surface area contributed by atoms with Crippen molar-refractivity contribution in [1.82, 2.24) is 29.1 Å². The van der Waals surface area contributed by atoms with Crippen LogP contribution in [0.2, 0.25) is 0 Å². The summed E-state index contributed by atoms with van der Waals surface area (Å²) in [6, 6.07) is 86.0. The van der Waals surface area contributed by atoms with Gasteiger partial charge in [-0.05, 0) is 166 Å². The van der Waals surface area contributed by atoms with Crippen molar-refractivity contribution < 1.29 is 26.3 Å². The minimum Gasteiger partial charge on any atom is -0.307 e. The Kier molecular flexibility index (Phi) is 14.4. The van der Waals surface area contributed by atoms with E-state index in [0.717, 1.165) is 117 Å².